The molecule has 2 aliphatic rings. The smallest absolute Gasteiger partial charge is 0.279 e. The number of nitrogens with zero attached hydrogens (tertiary/aromatic N) is 2. The van der Waals surface area contributed by atoms with E-state index in [2.05, 4.69) is 0 Å². The Bertz CT molecular complexity index is 1350. The molecule has 3 aromatic carbocycles. The van der Waals surface area contributed by atoms with Gasteiger partial charge in [-0.25, -0.2) is 0 Å². The van der Waals surface area contributed by atoms with Crippen LogP contribution in [0.3, 0.4) is 0 Å². The molecule has 5 rings (SSSR count). The number of imide groups is 1. The Morgan fingerprint density at radius 2 is 1.68 bits per heavy atom. The van der Waals surface area contributed by atoms with Gasteiger partial charge in [-0.05, 0) is 60.7 Å². The molecule has 170 valence electrons. The molecule has 0 spiro atoms. The van der Waals surface area contributed by atoms with Crippen molar-refractivity contribution >= 4 is 69.6 Å². The van der Waals surface area contributed by atoms with Crippen LogP contribution in [0.25, 0.3) is 6.08 Å². The Morgan fingerprint density at radius 1 is 0.941 bits per heavy atom. The van der Waals surface area contributed by atoms with E-state index in [4.69, 9.17) is 11.6 Å². The Morgan fingerprint density at radius 3 is 2.47 bits per heavy atom. The number of benzene rings is 3. The highest BCUT2D eigenvalue weighted by atomic mass is 35.5. The second-order valence-corrected chi connectivity index (χ2v) is 10.4. The molecule has 3 aromatic rings. The second kappa shape index (κ2) is 9.33. The molecule has 1 fully saturated rings. The third-order valence-corrected chi connectivity index (χ3v) is 7.81. The molecule has 2 heterocycles. The maximum Gasteiger partial charge on any atom is 0.293 e. The van der Waals surface area contributed by atoms with Crippen molar-refractivity contribution in [1.29, 1.82) is 0 Å². The fourth-order valence-electron chi connectivity index (χ4n) is 3.82. The molecule has 0 saturated carbocycles. The van der Waals surface area contributed by atoms with Gasteiger partial charge in [-0.2, -0.15) is 0 Å². The predicted molar refractivity (Wildman–Crippen MR) is 138 cm³/mol. The van der Waals surface area contributed by atoms with Crippen LogP contribution in [0.1, 0.15) is 17.5 Å². The van der Waals surface area contributed by atoms with Crippen molar-refractivity contribution in [2.75, 3.05) is 11.4 Å². The maximum atomic E-state index is 13.4. The first-order chi connectivity index (χ1) is 16.4. The highest BCUT2D eigenvalue weighted by Crippen LogP contribution is 2.49. The van der Waals surface area contributed by atoms with Crippen LogP contribution in [0, 0.1) is 6.92 Å². The van der Waals surface area contributed by atoms with Crippen LogP contribution in [0.5, 0.6) is 0 Å². The van der Waals surface area contributed by atoms with E-state index in [1.807, 2.05) is 61.5 Å². The quantitative estimate of drug-likeness (QED) is 0.360. The van der Waals surface area contributed by atoms with Gasteiger partial charge in [0, 0.05) is 27.8 Å². The Balaban J connectivity index is 1.36. The molecule has 0 aromatic heterocycles. The summed E-state index contributed by atoms with van der Waals surface area (Å²) in [5.41, 5.74) is 3.43. The van der Waals surface area contributed by atoms with Gasteiger partial charge >= 0.3 is 0 Å². The van der Waals surface area contributed by atoms with E-state index < -0.39 is 0 Å². The monoisotopic (exact) mass is 506 g/mol. The summed E-state index contributed by atoms with van der Waals surface area (Å²) in [6.45, 7) is 2.00. The van der Waals surface area contributed by atoms with E-state index in [1.54, 1.807) is 34.9 Å². The van der Waals surface area contributed by atoms with Crippen molar-refractivity contribution in [2.45, 2.75) is 23.1 Å². The summed E-state index contributed by atoms with van der Waals surface area (Å²) in [7, 11) is 0. The number of para-hydroxylation sites is 1. The number of amides is 3. The van der Waals surface area contributed by atoms with Crippen molar-refractivity contribution in [1.82, 2.24) is 4.90 Å². The molecule has 5 nitrogen and oxygen atoms in total. The predicted octanol–water partition coefficient (Wildman–Crippen LogP) is 6.90. The normalized spacial score (nSPS) is 16.1. The first kappa shape index (κ1) is 22.8. The molecule has 0 unspecified atom stereocenters. The lowest BCUT2D eigenvalue weighted by molar-refractivity contribution is -0.123. The van der Waals surface area contributed by atoms with Gasteiger partial charge in [-0.1, -0.05) is 65.3 Å². The molecule has 0 aliphatic carbocycles. The van der Waals surface area contributed by atoms with Crippen molar-refractivity contribution in [2.24, 2.45) is 0 Å². The van der Waals surface area contributed by atoms with Crippen LogP contribution in [-0.4, -0.2) is 28.5 Å². The zero-order chi connectivity index (χ0) is 23.8. The summed E-state index contributed by atoms with van der Waals surface area (Å²) in [6.07, 6.45) is 1.71. The number of carbonyl (C=O) groups is 3. The van der Waals surface area contributed by atoms with Gasteiger partial charge in [0.25, 0.3) is 11.1 Å². The van der Waals surface area contributed by atoms with E-state index >= 15 is 0 Å². The minimum Gasteiger partial charge on any atom is -0.279 e. The van der Waals surface area contributed by atoms with E-state index in [-0.39, 0.29) is 30.0 Å². The number of thioether (sulfide) groups is 1. The molecule has 3 amide bonds. The van der Waals surface area contributed by atoms with Crippen LogP contribution >= 0.6 is 35.1 Å². The maximum absolute atomic E-state index is 13.4. The summed E-state index contributed by atoms with van der Waals surface area (Å²) >= 11 is 8.71. The van der Waals surface area contributed by atoms with Crippen molar-refractivity contribution in [3.05, 3.63) is 87.8 Å². The first-order valence-electron chi connectivity index (χ1n) is 10.6. The first-order valence-corrected chi connectivity index (χ1v) is 12.6. The second-order valence-electron chi connectivity index (χ2n) is 7.91. The third-order valence-electron chi connectivity index (χ3n) is 5.54. The molecule has 0 radical (unpaired) electrons. The molecule has 8 heteroatoms. The lowest BCUT2D eigenvalue weighted by Crippen LogP contribution is -2.35. The standard InChI is InChI=1S/C26H19ClN2O3S2/c1-16-6-8-17(9-7-16)14-23-25(31)28(26(32)34-23)13-12-24(30)29-19-4-2-3-5-21(19)33-22-11-10-18(27)15-20(22)29/h2-11,14-15H,12-13H2,1H3/b23-14-. The van der Waals surface area contributed by atoms with Crippen molar-refractivity contribution in [3.63, 3.8) is 0 Å². The van der Waals surface area contributed by atoms with Gasteiger partial charge < -0.3 is 0 Å². The van der Waals surface area contributed by atoms with E-state index in [9.17, 15) is 14.4 Å². The molecular weight excluding hydrogens is 488 g/mol. The highest BCUT2D eigenvalue weighted by Gasteiger charge is 2.36. The topological polar surface area (TPSA) is 57.7 Å². The summed E-state index contributed by atoms with van der Waals surface area (Å²) in [4.78, 5) is 43.9. The molecular formula is C26H19ClN2O3S2. The van der Waals surface area contributed by atoms with Gasteiger partial charge in [0.1, 0.15) is 0 Å². The van der Waals surface area contributed by atoms with Crippen molar-refractivity contribution < 1.29 is 14.4 Å². The van der Waals surface area contributed by atoms with Crippen LogP contribution in [0.2, 0.25) is 5.02 Å². The van der Waals surface area contributed by atoms with Gasteiger partial charge in [0.15, 0.2) is 0 Å². The largest absolute Gasteiger partial charge is 0.293 e. The summed E-state index contributed by atoms with van der Waals surface area (Å²) in [6, 6.07) is 20.8. The van der Waals surface area contributed by atoms with E-state index in [0.717, 1.165) is 43.3 Å². The number of hydrogen-bond acceptors (Lipinski definition) is 5. The zero-order valence-electron chi connectivity index (χ0n) is 18.2. The van der Waals surface area contributed by atoms with E-state index in [0.29, 0.717) is 15.6 Å². The average Bonchev–Trinajstić information content (AvgIpc) is 3.09. The fourth-order valence-corrected chi connectivity index (χ4v) is 5.89. The number of carbonyl (C=O) groups excluding carboxylic acids is 3. The number of aryl methyl sites for hydroxylation is 1. The number of hydrogen-bond donors (Lipinski definition) is 0. The lowest BCUT2D eigenvalue weighted by atomic mass is 10.1. The zero-order valence-corrected chi connectivity index (χ0v) is 20.5. The number of rotatable bonds is 4. The fraction of sp³-hybridized carbons (Fsp3) is 0.115. The highest BCUT2D eigenvalue weighted by molar-refractivity contribution is 8.18. The molecule has 1 saturated heterocycles. The molecule has 2 aliphatic heterocycles. The Labute approximate surface area is 210 Å². The van der Waals surface area contributed by atoms with Crippen LogP contribution < -0.4 is 4.90 Å². The SMILES string of the molecule is Cc1ccc(/C=C2\SC(=O)N(CCC(=O)N3c4ccccc4Sc4ccc(Cl)cc43)C2=O)cc1. The van der Waals surface area contributed by atoms with Crippen LogP contribution in [0.4, 0.5) is 16.2 Å². The van der Waals surface area contributed by atoms with E-state index in [1.165, 1.54) is 0 Å². The third kappa shape index (κ3) is 4.39. The Hall–Kier alpha value is -3.00. The average molecular weight is 507 g/mol. The number of anilines is 2. The van der Waals surface area contributed by atoms with Crippen molar-refractivity contribution in [3.8, 4) is 0 Å². The summed E-state index contributed by atoms with van der Waals surface area (Å²) in [5, 5.41) is 0.165. The lowest BCUT2D eigenvalue weighted by Gasteiger charge is -2.31. The summed E-state index contributed by atoms with van der Waals surface area (Å²) in [5.74, 6) is -0.584. The molecule has 34 heavy (non-hydrogen) atoms. The molecule has 0 atom stereocenters. The van der Waals surface area contributed by atoms with Gasteiger partial charge in [-0.15, -0.1) is 0 Å². The molecule has 0 N–H and O–H groups in total. The number of fused-ring (bicyclic) bond motifs is 2. The Kier molecular flexibility index (Phi) is 6.25. The van der Waals surface area contributed by atoms with Crippen LogP contribution in [-0.2, 0) is 9.59 Å². The van der Waals surface area contributed by atoms with Gasteiger partial charge in [-0.3, -0.25) is 24.2 Å². The van der Waals surface area contributed by atoms with Crippen LogP contribution in [0.15, 0.2) is 81.4 Å². The number of halogens is 1. The van der Waals surface area contributed by atoms with Gasteiger partial charge in [0.2, 0.25) is 5.91 Å². The summed E-state index contributed by atoms with van der Waals surface area (Å²) < 4.78 is 0. The van der Waals surface area contributed by atoms with Gasteiger partial charge in [0.05, 0.1) is 16.3 Å². The molecule has 0 bridgehead atoms. The minimum atomic E-state index is -0.374. The minimum absolute atomic E-state index is 0.000800.